The van der Waals surface area contributed by atoms with Crippen molar-refractivity contribution >= 4 is 10.4 Å². The highest BCUT2D eigenvalue weighted by atomic mass is 32.3. The first kappa shape index (κ1) is 51.1. The number of hydrogen-bond donors (Lipinski definition) is 6. The molecule has 0 aromatic carbocycles. The molecular weight excluding hydrogens is 609 g/mol. The number of hydrogen-bond acceptors (Lipinski definition) is 6. The van der Waals surface area contributed by atoms with Crippen LogP contribution in [0.25, 0.3) is 0 Å². The topological polar surface area (TPSA) is 151 Å². The van der Waals surface area contributed by atoms with Crippen molar-refractivity contribution in [3.8, 4) is 0 Å². The van der Waals surface area contributed by atoms with Gasteiger partial charge in [0.2, 0.25) is 0 Å². The van der Waals surface area contributed by atoms with Gasteiger partial charge in [0.15, 0.2) is 0 Å². The van der Waals surface area contributed by atoms with E-state index in [-0.39, 0.29) is 11.1 Å². The predicted molar refractivity (Wildman–Crippen MR) is 208 cm³/mol. The number of rotatable bonds is 30. The van der Waals surface area contributed by atoms with E-state index in [1.54, 1.807) is 0 Å². The van der Waals surface area contributed by atoms with Crippen LogP contribution in [0.1, 0.15) is 209 Å². The lowest BCUT2D eigenvalue weighted by Crippen LogP contribution is -2.53. The summed E-state index contributed by atoms with van der Waals surface area (Å²) in [4.78, 5) is 0. The molecule has 288 valence electrons. The van der Waals surface area contributed by atoms with E-state index in [4.69, 9.17) is 29.0 Å². The van der Waals surface area contributed by atoms with Crippen molar-refractivity contribution in [2.45, 2.75) is 233 Å². The number of nitrogens with two attached hydrogens (primary N) is 2. The molecule has 0 bridgehead atoms. The maximum atomic E-state index is 8.74. The zero-order chi connectivity index (χ0) is 36.5. The van der Waals surface area contributed by atoms with Crippen molar-refractivity contribution < 1.29 is 17.5 Å². The largest absolute Gasteiger partial charge is 0.394 e. The van der Waals surface area contributed by atoms with Crippen molar-refractivity contribution in [1.29, 1.82) is 0 Å². The molecule has 0 spiro atoms. The molecule has 9 heteroatoms. The fraction of sp³-hybridized carbons (Fsp3) is 1.00. The van der Waals surface area contributed by atoms with E-state index in [9.17, 15) is 0 Å². The maximum absolute atomic E-state index is 8.74. The summed E-state index contributed by atoms with van der Waals surface area (Å²) in [7, 11) is -4.67. The summed E-state index contributed by atoms with van der Waals surface area (Å²) in [6.45, 7) is 19.8. The average molecular weight is 695 g/mol. The van der Waals surface area contributed by atoms with Gasteiger partial charge < -0.3 is 22.1 Å². The number of nitrogens with one attached hydrogen (secondary N) is 2. The molecule has 0 heterocycles. The molecule has 8 nitrogen and oxygen atoms in total. The Morgan fingerprint density at radius 1 is 0.468 bits per heavy atom. The third kappa shape index (κ3) is 45.7. The molecule has 0 saturated heterocycles. The first-order valence-corrected chi connectivity index (χ1v) is 21.2. The van der Waals surface area contributed by atoms with Gasteiger partial charge in [0, 0.05) is 23.2 Å². The van der Waals surface area contributed by atoms with Crippen LogP contribution in [0.2, 0.25) is 0 Å². The lowest BCUT2D eigenvalue weighted by atomic mass is 9.92. The first-order valence-electron chi connectivity index (χ1n) is 19.8. The van der Waals surface area contributed by atoms with E-state index >= 15 is 0 Å². The van der Waals surface area contributed by atoms with Gasteiger partial charge in [0.05, 0.1) is 0 Å². The molecule has 8 N–H and O–H groups in total. The van der Waals surface area contributed by atoms with Crippen LogP contribution in [0, 0.1) is 0 Å². The summed E-state index contributed by atoms with van der Waals surface area (Å²) < 4.78 is 31.6. The quantitative estimate of drug-likeness (QED) is 0.0321. The van der Waals surface area contributed by atoms with Gasteiger partial charge in [-0.25, -0.2) is 0 Å². The highest BCUT2D eigenvalue weighted by Crippen LogP contribution is 2.14. The smallest absolute Gasteiger partial charge is 0.324 e. The molecule has 2 unspecified atom stereocenters. The normalized spacial score (nSPS) is 13.4. The van der Waals surface area contributed by atoms with Gasteiger partial charge in [-0.1, -0.05) is 156 Å². The fourth-order valence-corrected chi connectivity index (χ4v) is 5.83. The van der Waals surface area contributed by atoms with Gasteiger partial charge in [-0.05, 0) is 66.5 Å². The Hall–Kier alpha value is -0.290. The van der Waals surface area contributed by atoms with Crippen LogP contribution < -0.4 is 22.1 Å². The second kappa shape index (κ2) is 34.2. The van der Waals surface area contributed by atoms with Gasteiger partial charge in [0.1, 0.15) is 0 Å². The van der Waals surface area contributed by atoms with Crippen LogP contribution in [0.15, 0.2) is 0 Å². The molecule has 0 fully saturated rings. The maximum Gasteiger partial charge on any atom is 0.394 e. The van der Waals surface area contributed by atoms with Crippen molar-refractivity contribution in [2.75, 3.05) is 13.1 Å². The Bertz CT molecular complexity index is 670. The summed E-state index contributed by atoms with van der Waals surface area (Å²) in [5.74, 6) is 0. The standard InChI is InChI=1S/2C19H42N2.H2O4S/c2*1-5-7-8-9-10-11-12-13-14-15-17-21-18(16-6-2)19(3,4)20;1-5(2,3)4/h2*18,21H,5-17,20H2,1-4H3;(H2,1,2,3,4). The molecule has 0 rings (SSSR count). The molecule has 47 heavy (non-hydrogen) atoms. The highest BCUT2D eigenvalue weighted by molar-refractivity contribution is 7.79. The van der Waals surface area contributed by atoms with Crippen LogP contribution in [0.5, 0.6) is 0 Å². The molecular formula is C38H86N4O4S. The predicted octanol–water partition coefficient (Wildman–Crippen LogP) is 10.2. The van der Waals surface area contributed by atoms with E-state index in [0.29, 0.717) is 12.1 Å². The van der Waals surface area contributed by atoms with E-state index in [1.807, 2.05) is 0 Å². The summed E-state index contributed by atoms with van der Waals surface area (Å²) >= 11 is 0. The minimum atomic E-state index is -4.67. The molecule has 0 aliphatic heterocycles. The van der Waals surface area contributed by atoms with Crippen LogP contribution >= 0.6 is 0 Å². The molecule has 0 amide bonds. The zero-order valence-electron chi connectivity index (χ0n) is 32.8. The van der Waals surface area contributed by atoms with E-state index in [0.717, 1.165) is 13.1 Å². The zero-order valence-corrected chi connectivity index (χ0v) is 33.6. The van der Waals surface area contributed by atoms with Crippen LogP contribution in [0.3, 0.4) is 0 Å². The Kier molecular flexibility index (Phi) is 37.1. The molecule has 0 aliphatic rings. The van der Waals surface area contributed by atoms with Crippen LogP contribution in [-0.2, 0) is 10.4 Å². The van der Waals surface area contributed by atoms with Gasteiger partial charge in [-0.2, -0.15) is 8.42 Å². The molecule has 2 atom stereocenters. The molecule has 0 aromatic heterocycles. The van der Waals surface area contributed by atoms with E-state index < -0.39 is 10.4 Å². The molecule has 0 radical (unpaired) electrons. The van der Waals surface area contributed by atoms with E-state index in [2.05, 4.69) is 66.0 Å². The summed E-state index contributed by atoms with van der Waals surface area (Å²) in [5, 5.41) is 7.32. The van der Waals surface area contributed by atoms with Crippen molar-refractivity contribution in [1.82, 2.24) is 10.6 Å². The van der Waals surface area contributed by atoms with Gasteiger partial charge in [0.25, 0.3) is 0 Å². The lowest BCUT2D eigenvalue weighted by molar-refractivity contribution is 0.319. The molecule has 0 aliphatic carbocycles. The Morgan fingerprint density at radius 3 is 0.872 bits per heavy atom. The average Bonchev–Trinajstić information content (AvgIpc) is 2.96. The molecule has 0 saturated carbocycles. The third-order valence-corrected chi connectivity index (χ3v) is 8.79. The highest BCUT2D eigenvalue weighted by Gasteiger charge is 2.24. The molecule has 0 aromatic rings. The summed E-state index contributed by atoms with van der Waals surface area (Å²) in [6.07, 6.45) is 32.8. The number of unbranched alkanes of at least 4 members (excludes halogenated alkanes) is 18. The van der Waals surface area contributed by atoms with Crippen LogP contribution in [0.4, 0.5) is 0 Å². The van der Waals surface area contributed by atoms with Crippen molar-refractivity contribution in [2.24, 2.45) is 11.5 Å². The van der Waals surface area contributed by atoms with Crippen LogP contribution in [-0.4, -0.2) is 53.8 Å². The Labute approximate surface area is 295 Å². The van der Waals surface area contributed by atoms with Gasteiger partial charge >= 0.3 is 10.4 Å². The van der Waals surface area contributed by atoms with Crippen molar-refractivity contribution in [3.05, 3.63) is 0 Å². The SMILES string of the molecule is CCCCCCCCCCCCNC(CCC)C(C)(C)N.CCCCCCCCCCCCNC(CCC)C(C)(C)N.O=S(=O)(O)O. The lowest BCUT2D eigenvalue weighted by Gasteiger charge is -2.31. The Morgan fingerprint density at radius 2 is 0.681 bits per heavy atom. The third-order valence-electron chi connectivity index (χ3n) is 8.79. The summed E-state index contributed by atoms with van der Waals surface area (Å²) in [6, 6.07) is 0.919. The first-order chi connectivity index (χ1) is 22.0. The van der Waals surface area contributed by atoms with E-state index in [1.165, 1.54) is 154 Å². The fourth-order valence-electron chi connectivity index (χ4n) is 5.83. The second-order valence-electron chi connectivity index (χ2n) is 15.0. The Balaban J connectivity index is -0.000000719. The van der Waals surface area contributed by atoms with Gasteiger partial charge in [-0.3, -0.25) is 9.11 Å². The monoisotopic (exact) mass is 695 g/mol. The van der Waals surface area contributed by atoms with Crippen molar-refractivity contribution in [3.63, 3.8) is 0 Å². The summed E-state index contributed by atoms with van der Waals surface area (Å²) in [5.41, 5.74) is 12.3. The minimum absolute atomic E-state index is 0.103. The second-order valence-corrected chi connectivity index (χ2v) is 15.9. The minimum Gasteiger partial charge on any atom is -0.324 e. The van der Waals surface area contributed by atoms with Gasteiger partial charge in [-0.15, -0.1) is 0 Å².